The highest BCUT2D eigenvalue weighted by Gasteiger charge is 2.25. The van der Waals surface area contributed by atoms with E-state index in [1.165, 1.54) is 33.0 Å². The van der Waals surface area contributed by atoms with Crippen LogP contribution in [0, 0.1) is 0 Å². The summed E-state index contributed by atoms with van der Waals surface area (Å²) in [7, 11) is 0. The Labute approximate surface area is 119 Å². The summed E-state index contributed by atoms with van der Waals surface area (Å²) in [6.45, 7) is 0.665. The van der Waals surface area contributed by atoms with Gasteiger partial charge in [0.25, 0.3) is 0 Å². The van der Waals surface area contributed by atoms with Crippen LogP contribution in [0.2, 0.25) is 0 Å². The van der Waals surface area contributed by atoms with Gasteiger partial charge in [-0.2, -0.15) is 0 Å². The van der Waals surface area contributed by atoms with Crippen LogP contribution in [0.15, 0.2) is 60.7 Å². The largest absolute Gasteiger partial charge is 0.330 e. The van der Waals surface area contributed by atoms with Crippen LogP contribution in [0.5, 0.6) is 0 Å². The molecule has 1 aliphatic carbocycles. The summed E-state index contributed by atoms with van der Waals surface area (Å²) >= 11 is 0. The third-order valence-corrected chi connectivity index (χ3v) is 4.46. The summed E-state index contributed by atoms with van der Waals surface area (Å²) in [5.74, 6) is 0.320. The summed E-state index contributed by atoms with van der Waals surface area (Å²) < 4.78 is 0. The van der Waals surface area contributed by atoms with Crippen LogP contribution >= 0.6 is 0 Å². The summed E-state index contributed by atoms with van der Waals surface area (Å²) in [6.07, 6.45) is 1.02. The second-order valence-electron chi connectivity index (χ2n) is 5.52. The number of rotatable bonds is 1. The Balaban J connectivity index is 2.04. The molecule has 0 bridgehead atoms. The third kappa shape index (κ3) is 1.60. The number of hydrogen-bond acceptors (Lipinski definition) is 1. The standard InChI is InChI=1S/C19H17N/c20-12-18-16-7-3-2-6-14(16)11-15-10-9-13-5-1-4-8-17(13)19(15)18/h1-10,18H,11-12,20H2. The maximum Gasteiger partial charge on any atom is 0.0224 e. The van der Waals surface area contributed by atoms with Crippen LogP contribution in [-0.2, 0) is 6.42 Å². The van der Waals surface area contributed by atoms with Gasteiger partial charge in [0.1, 0.15) is 0 Å². The minimum atomic E-state index is 0.320. The van der Waals surface area contributed by atoms with E-state index >= 15 is 0 Å². The third-order valence-electron chi connectivity index (χ3n) is 4.46. The van der Waals surface area contributed by atoms with E-state index in [9.17, 15) is 0 Å². The fourth-order valence-corrected chi connectivity index (χ4v) is 3.55. The Morgan fingerprint density at radius 2 is 1.65 bits per heavy atom. The highest BCUT2D eigenvalue weighted by atomic mass is 14.6. The van der Waals surface area contributed by atoms with Gasteiger partial charge in [-0.25, -0.2) is 0 Å². The summed E-state index contributed by atoms with van der Waals surface area (Å²) in [5.41, 5.74) is 11.8. The summed E-state index contributed by atoms with van der Waals surface area (Å²) in [6, 6.07) is 21.9. The number of hydrogen-bond donors (Lipinski definition) is 1. The second kappa shape index (κ2) is 4.46. The van der Waals surface area contributed by atoms with Crippen molar-refractivity contribution < 1.29 is 0 Å². The lowest BCUT2D eigenvalue weighted by Crippen LogP contribution is -2.21. The lowest BCUT2D eigenvalue weighted by molar-refractivity contribution is 0.780. The van der Waals surface area contributed by atoms with Crippen molar-refractivity contribution >= 4 is 10.8 Å². The lowest BCUT2D eigenvalue weighted by atomic mass is 9.76. The van der Waals surface area contributed by atoms with Gasteiger partial charge in [0, 0.05) is 12.5 Å². The maximum absolute atomic E-state index is 6.12. The fraction of sp³-hybridized carbons (Fsp3) is 0.158. The number of fused-ring (bicyclic) bond motifs is 4. The van der Waals surface area contributed by atoms with Crippen molar-refractivity contribution in [3.8, 4) is 0 Å². The van der Waals surface area contributed by atoms with Gasteiger partial charge in [-0.1, -0.05) is 60.7 Å². The number of benzene rings is 3. The quantitative estimate of drug-likeness (QED) is 0.706. The molecular formula is C19H17N. The SMILES string of the molecule is NCC1c2ccccc2Cc2ccc3ccccc3c21. The Kier molecular flexibility index (Phi) is 2.61. The molecule has 1 unspecified atom stereocenters. The average molecular weight is 259 g/mol. The molecule has 0 spiro atoms. The summed E-state index contributed by atoms with van der Waals surface area (Å²) in [4.78, 5) is 0. The van der Waals surface area contributed by atoms with Gasteiger partial charge >= 0.3 is 0 Å². The smallest absolute Gasteiger partial charge is 0.0224 e. The molecule has 0 aliphatic heterocycles. The van der Waals surface area contributed by atoms with Crippen molar-refractivity contribution in [2.45, 2.75) is 12.3 Å². The molecular weight excluding hydrogens is 242 g/mol. The molecule has 1 heteroatoms. The molecule has 20 heavy (non-hydrogen) atoms. The van der Waals surface area contributed by atoms with Gasteiger partial charge in [-0.15, -0.1) is 0 Å². The molecule has 1 nitrogen and oxygen atoms in total. The van der Waals surface area contributed by atoms with Crippen LogP contribution in [-0.4, -0.2) is 6.54 Å². The topological polar surface area (TPSA) is 26.0 Å². The first-order valence-corrected chi connectivity index (χ1v) is 7.17. The zero-order chi connectivity index (χ0) is 13.5. The zero-order valence-corrected chi connectivity index (χ0v) is 11.3. The van der Waals surface area contributed by atoms with Crippen LogP contribution < -0.4 is 5.73 Å². The normalized spacial score (nSPS) is 16.8. The molecule has 3 aromatic rings. The molecule has 4 rings (SSSR count). The van der Waals surface area contributed by atoms with Crippen LogP contribution in [0.25, 0.3) is 10.8 Å². The van der Waals surface area contributed by atoms with Crippen LogP contribution in [0.4, 0.5) is 0 Å². The van der Waals surface area contributed by atoms with Crippen molar-refractivity contribution in [2.75, 3.05) is 6.54 Å². The van der Waals surface area contributed by atoms with E-state index in [4.69, 9.17) is 5.73 Å². The molecule has 3 aromatic carbocycles. The minimum absolute atomic E-state index is 0.320. The predicted molar refractivity (Wildman–Crippen MR) is 84.1 cm³/mol. The molecule has 0 aromatic heterocycles. The molecule has 0 saturated carbocycles. The first-order valence-electron chi connectivity index (χ1n) is 7.17. The van der Waals surface area contributed by atoms with Crippen molar-refractivity contribution in [1.29, 1.82) is 0 Å². The maximum atomic E-state index is 6.12. The van der Waals surface area contributed by atoms with Gasteiger partial charge in [0.15, 0.2) is 0 Å². The van der Waals surface area contributed by atoms with Crippen molar-refractivity contribution in [3.63, 3.8) is 0 Å². The predicted octanol–water partition coefficient (Wildman–Crippen LogP) is 3.83. The molecule has 1 atom stereocenters. The number of nitrogens with two attached hydrogens (primary N) is 1. The van der Waals surface area contributed by atoms with Crippen molar-refractivity contribution in [1.82, 2.24) is 0 Å². The average Bonchev–Trinajstić information content (AvgIpc) is 2.52. The molecule has 0 heterocycles. The first kappa shape index (κ1) is 11.7. The highest BCUT2D eigenvalue weighted by Crippen LogP contribution is 2.39. The first-order chi connectivity index (χ1) is 9.88. The van der Waals surface area contributed by atoms with E-state index in [1.54, 1.807) is 0 Å². The van der Waals surface area contributed by atoms with Gasteiger partial charge in [0.05, 0.1) is 0 Å². The van der Waals surface area contributed by atoms with Crippen molar-refractivity contribution in [3.05, 3.63) is 82.9 Å². The Morgan fingerprint density at radius 1 is 0.850 bits per heavy atom. The lowest BCUT2D eigenvalue weighted by Gasteiger charge is -2.29. The van der Waals surface area contributed by atoms with Crippen LogP contribution in [0.1, 0.15) is 28.2 Å². The molecule has 2 N–H and O–H groups in total. The Bertz CT molecular complexity index is 789. The van der Waals surface area contributed by atoms with Crippen molar-refractivity contribution in [2.24, 2.45) is 5.73 Å². The molecule has 98 valence electrons. The van der Waals surface area contributed by atoms with Crippen LogP contribution in [0.3, 0.4) is 0 Å². The van der Waals surface area contributed by atoms with E-state index < -0.39 is 0 Å². The van der Waals surface area contributed by atoms with E-state index in [0.717, 1.165) is 6.42 Å². The summed E-state index contributed by atoms with van der Waals surface area (Å²) in [5, 5.41) is 2.67. The van der Waals surface area contributed by atoms with E-state index in [0.29, 0.717) is 12.5 Å². The molecule has 0 fully saturated rings. The van der Waals surface area contributed by atoms with E-state index in [1.807, 2.05) is 0 Å². The second-order valence-corrected chi connectivity index (χ2v) is 5.52. The Hall–Kier alpha value is -2.12. The zero-order valence-electron chi connectivity index (χ0n) is 11.3. The van der Waals surface area contributed by atoms with E-state index in [2.05, 4.69) is 60.7 Å². The molecule has 1 aliphatic rings. The minimum Gasteiger partial charge on any atom is -0.330 e. The fourth-order valence-electron chi connectivity index (χ4n) is 3.55. The Morgan fingerprint density at radius 3 is 2.55 bits per heavy atom. The van der Waals surface area contributed by atoms with Gasteiger partial charge in [-0.05, 0) is 39.4 Å². The van der Waals surface area contributed by atoms with Gasteiger partial charge < -0.3 is 5.73 Å². The molecule has 0 radical (unpaired) electrons. The molecule has 0 amide bonds. The highest BCUT2D eigenvalue weighted by molar-refractivity contribution is 5.88. The van der Waals surface area contributed by atoms with E-state index in [-0.39, 0.29) is 0 Å². The molecule has 0 saturated heterocycles. The van der Waals surface area contributed by atoms with Gasteiger partial charge in [0.2, 0.25) is 0 Å². The monoisotopic (exact) mass is 259 g/mol. The van der Waals surface area contributed by atoms with Gasteiger partial charge in [-0.3, -0.25) is 0 Å².